The predicted octanol–water partition coefficient (Wildman–Crippen LogP) is 3.24. The number of nitrogens with one attached hydrogen (secondary N) is 1. The summed E-state index contributed by atoms with van der Waals surface area (Å²) in [6.45, 7) is 6.95. The van der Waals surface area contributed by atoms with Gasteiger partial charge in [0.15, 0.2) is 0 Å². The first kappa shape index (κ1) is 29.7. The van der Waals surface area contributed by atoms with E-state index in [1.807, 2.05) is 0 Å². The molecule has 0 aromatic carbocycles. The van der Waals surface area contributed by atoms with Crippen LogP contribution in [0.3, 0.4) is 0 Å². The topological polar surface area (TPSA) is 161 Å². The Morgan fingerprint density at radius 3 is 2.29 bits per heavy atom. The molecule has 9 nitrogen and oxygen atoms in total. The summed E-state index contributed by atoms with van der Waals surface area (Å²) in [7, 11) is -4.31. The Balaban J connectivity index is 1.37. The molecule has 0 aromatic heterocycles. The van der Waals surface area contributed by atoms with Crippen LogP contribution in [-0.4, -0.2) is 64.2 Å². The summed E-state index contributed by atoms with van der Waals surface area (Å²) < 4.78 is 30.9. The first-order chi connectivity index (χ1) is 17.7. The van der Waals surface area contributed by atoms with Crippen LogP contribution in [0.25, 0.3) is 0 Å². The van der Waals surface area contributed by atoms with E-state index in [4.69, 9.17) is 4.55 Å². The maximum absolute atomic E-state index is 12.6. The lowest BCUT2D eigenvalue weighted by molar-refractivity contribution is -0.174. The molecule has 1 amide bonds. The maximum Gasteiger partial charge on any atom is 0.326 e. The number of aliphatic carboxylic acids is 1. The van der Waals surface area contributed by atoms with Crippen molar-refractivity contribution in [3.8, 4) is 0 Å². The molecule has 0 aliphatic heterocycles. The first-order valence-corrected chi connectivity index (χ1v) is 16.1. The molecule has 11 atom stereocenters. The SMILES string of the molecule is C[C@H](CCC(=O)NC(CCS(=O)(=O)O)C(=O)O)[C@H]1CC[C@H]2[C@@H]3[C@H](O)C[C@@H]4C[C@H](O)CC[C@]4(C)[C@H]3CC[C@]12C. The van der Waals surface area contributed by atoms with Crippen LogP contribution in [0.15, 0.2) is 0 Å². The van der Waals surface area contributed by atoms with Crippen molar-refractivity contribution >= 4 is 22.0 Å². The van der Waals surface area contributed by atoms with Gasteiger partial charge < -0.3 is 20.6 Å². The molecule has 218 valence electrons. The van der Waals surface area contributed by atoms with Crippen LogP contribution in [0.2, 0.25) is 0 Å². The van der Waals surface area contributed by atoms with Crippen LogP contribution >= 0.6 is 0 Å². The van der Waals surface area contributed by atoms with E-state index in [-0.39, 0.29) is 47.7 Å². The molecule has 0 bridgehead atoms. The molecule has 0 saturated heterocycles. The molecule has 4 rings (SSSR count). The highest BCUT2D eigenvalue weighted by atomic mass is 32.2. The van der Waals surface area contributed by atoms with Gasteiger partial charge >= 0.3 is 5.97 Å². The minimum Gasteiger partial charge on any atom is -0.480 e. The maximum atomic E-state index is 12.6. The quantitative estimate of drug-likeness (QED) is 0.270. The van der Waals surface area contributed by atoms with E-state index in [9.17, 15) is 33.3 Å². The lowest BCUT2D eigenvalue weighted by atomic mass is 9.43. The molecule has 0 radical (unpaired) electrons. The van der Waals surface area contributed by atoms with Gasteiger partial charge in [-0.25, -0.2) is 4.79 Å². The van der Waals surface area contributed by atoms with Crippen molar-refractivity contribution in [1.82, 2.24) is 5.32 Å². The monoisotopic (exact) mass is 557 g/mol. The fourth-order valence-electron chi connectivity index (χ4n) is 9.53. The molecule has 0 heterocycles. The Bertz CT molecular complexity index is 1000. The summed E-state index contributed by atoms with van der Waals surface area (Å²) in [6, 6.07) is -1.36. The number of carbonyl (C=O) groups excluding carboxylic acids is 1. The number of hydrogen-bond acceptors (Lipinski definition) is 6. The van der Waals surface area contributed by atoms with E-state index < -0.39 is 33.8 Å². The number of fused-ring (bicyclic) bond motifs is 5. The number of aliphatic hydroxyl groups is 2. The molecular weight excluding hydrogens is 510 g/mol. The summed E-state index contributed by atoms with van der Waals surface area (Å²) in [5, 5.41) is 33.4. The molecule has 4 aliphatic rings. The summed E-state index contributed by atoms with van der Waals surface area (Å²) in [6.07, 6.45) is 7.62. The van der Waals surface area contributed by atoms with Gasteiger partial charge in [0.05, 0.1) is 18.0 Å². The van der Waals surface area contributed by atoms with E-state index in [1.54, 1.807) is 0 Å². The summed E-state index contributed by atoms with van der Waals surface area (Å²) in [5.41, 5.74) is 0.275. The number of amides is 1. The number of hydrogen-bond donors (Lipinski definition) is 5. The van der Waals surface area contributed by atoms with Crippen LogP contribution in [0, 0.1) is 46.3 Å². The minimum absolute atomic E-state index is 0.0918. The molecule has 4 saturated carbocycles. The van der Waals surface area contributed by atoms with Gasteiger partial charge in [0.1, 0.15) is 6.04 Å². The van der Waals surface area contributed by atoms with E-state index in [0.717, 1.165) is 51.4 Å². The van der Waals surface area contributed by atoms with Gasteiger partial charge in [-0.2, -0.15) is 8.42 Å². The zero-order valence-corrected chi connectivity index (χ0v) is 23.8. The number of carboxylic acid groups (broad SMARTS) is 1. The summed E-state index contributed by atoms with van der Waals surface area (Å²) in [4.78, 5) is 24.0. The van der Waals surface area contributed by atoms with Gasteiger partial charge in [0.25, 0.3) is 10.1 Å². The molecule has 5 N–H and O–H groups in total. The van der Waals surface area contributed by atoms with Crippen molar-refractivity contribution in [3.05, 3.63) is 0 Å². The van der Waals surface area contributed by atoms with Gasteiger partial charge in [0, 0.05) is 6.42 Å². The highest BCUT2D eigenvalue weighted by Gasteiger charge is 2.62. The van der Waals surface area contributed by atoms with Crippen molar-refractivity contribution < 1.29 is 37.9 Å². The third kappa shape index (κ3) is 5.79. The number of aliphatic hydroxyl groups excluding tert-OH is 2. The van der Waals surface area contributed by atoms with E-state index >= 15 is 0 Å². The summed E-state index contributed by atoms with van der Waals surface area (Å²) in [5.74, 6) is -0.216. The number of rotatable bonds is 9. The molecular formula is C28H47NO8S. The lowest BCUT2D eigenvalue weighted by Gasteiger charge is -2.62. The average Bonchev–Trinajstić information content (AvgIpc) is 3.17. The second-order valence-electron chi connectivity index (χ2n) is 13.5. The third-order valence-electron chi connectivity index (χ3n) is 11.5. The Morgan fingerprint density at radius 1 is 0.974 bits per heavy atom. The second-order valence-corrected chi connectivity index (χ2v) is 15.1. The highest BCUT2D eigenvalue weighted by molar-refractivity contribution is 7.85. The molecule has 38 heavy (non-hydrogen) atoms. The molecule has 0 aromatic rings. The predicted molar refractivity (Wildman–Crippen MR) is 142 cm³/mol. The zero-order chi connectivity index (χ0) is 28.0. The zero-order valence-electron chi connectivity index (χ0n) is 23.0. The Morgan fingerprint density at radius 2 is 1.63 bits per heavy atom. The first-order valence-electron chi connectivity index (χ1n) is 14.5. The second kappa shape index (κ2) is 11.0. The largest absolute Gasteiger partial charge is 0.480 e. The van der Waals surface area contributed by atoms with Crippen LogP contribution in [0.5, 0.6) is 0 Å². The standard InChI is InChI=1S/C28H47NO8S/c1-16(4-7-24(32)29-22(26(33)34)10-13-38(35,36)37)19-5-6-20-25-21(9-12-28(19,20)3)27(2)11-8-18(30)14-17(27)15-23(25)31/h16-23,25,30-31H,4-15H2,1-3H3,(H,29,32)(H,33,34)(H,35,36,37)/t16-,17+,18-,19-,20+,21+,22?,23-,25+,27+,28-/m1/s1. The van der Waals surface area contributed by atoms with E-state index in [0.29, 0.717) is 30.1 Å². The van der Waals surface area contributed by atoms with E-state index in [1.165, 1.54) is 0 Å². The smallest absolute Gasteiger partial charge is 0.326 e. The van der Waals surface area contributed by atoms with Crippen LogP contribution < -0.4 is 5.32 Å². The van der Waals surface area contributed by atoms with E-state index in [2.05, 4.69) is 26.1 Å². The van der Waals surface area contributed by atoms with Crippen molar-refractivity contribution in [1.29, 1.82) is 0 Å². The van der Waals surface area contributed by atoms with Gasteiger partial charge in [-0.1, -0.05) is 20.8 Å². The minimum atomic E-state index is -4.31. The molecule has 10 heteroatoms. The van der Waals surface area contributed by atoms with Gasteiger partial charge in [-0.05, 0) is 111 Å². The lowest BCUT2D eigenvalue weighted by Crippen LogP contribution is -2.58. The van der Waals surface area contributed by atoms with Gasteiger partial charge in [0.2, 0.25) is 5.91 Å². The van der Waals surface area contributed by atoms with Crippen molar-refractivity contribution in [2.75, 3.05) is 5.75 Å². The normalized spacial score (nSPS) is 42.3. The molecule has 1 unspecified atom stereocenters. The Hall–Kier alpha value is -1.23. The van der Waals surface area contributed by atoms with Crippen molar-refractivity contribution in [3.63, 3.8) is 0 Å². The Labute approximate surface area is 226 Å². The Kier molecular flexibility index (Phi) is 8.59. The van der Waals surface area contributed by atoms with Gasteiger partial charge in [-0.15, -0.1) is 0 Å². The van der Waals surface area contributed by atoms with Crippen LogP contribution in [0.4, 0.5) is 0 Å². The number of carboxylic acids is 1. The number of carbonyl (C=O) groups is 2. The van der Waals surface area contributed by atoms with Gasteiger partial charge in [-0.3, -0.25) is 9.35 Å². The fraction of sp³-hybridized carbons (Fsp3) is 0.929. The van der Waals surface area contributed by atoms with Crippen LogP contribution in [0.1, 0.15) is 91.4 Å². The van der Waals surface area contributed by atoms with Crippen LogP contribution in [-0.2, 0) is 19.7 Å². The fourth-order valence-corrected chi connectivity index (χ4v) is 10.1. The summed E-state index contributed by atoms with van der Waals surface area (Å²) >= 11 is 0. The van der Waals surface area contributed by atoms with Crippen molar-refractivity contribution in [2.24, 2.45) is 46.3 Å². The third-order valence-corrected chi connectivity index (χ3v) is 12.3. The average molecular weight is 558 g/mol. The molecule has 4 aliphatic carbocycles. The molecule has 0 spiro atoms. The molecule has 4 fully saturated rings. The van der Waals surface area contributed by atoms with Crippen molar-refractivity contribution in [2.45, 2.75) is 110 Å². The highest BCUT2D eigenvalue weighted by Crippen LogP contribution is 2.68.